The van der Waals surface area contributed by atoms with E-state index in [-0.39, 0.29) is 6.03 Å². The normalized spacial score (nSPS) is 15.4. The van der Waals surface area contributed by atoms with Crippen molar-refractivity contribution in [2.75, 3.05) is 37.6 Å². The number of hydrogen-bond donors (Lipinski definition) is 1. The van der Waals surface area contributed by atoms with Crippen LogP contribution in [0.2, 0.25) is 0 Å². The van der Waals surface area contributed by atoms with Gasteiger partial charge in [0.1, 0.15) is 0 Å². The van der Waals surface area contributed by atoms with Gasteiger partial charge in [-0.1, -0.05) is 19.1 Å². The van der Waals surface area contributed by atoms with E-state index in [4.69, 9.17) is 4.98 Å². The highest BCUT2D eigenvalue weighted by Crippen LogP contribution is 2.21. The van der Waals surface area contributed by atoms with Crippen LogP contribution in [0, 0.1) is 0 Å². The SMILES string of the molecule is CCCNC(=O)N1CCN(c2nc3ccccc3n2C)CC1. The molecule has 0 aliphatic carbocycles. The molecule has 3 rings (SSSR count). The lowest BCUT2D eigenvalue weighted by atomic mass is 10.3. The quantitative estimate of drug-likeness (QED) is 0.941. The zero-order valence-corrected chi connectivity index (χ0v) is 13.2. The molecule has 0 unspecified atom stereocenters. The molecule has 1 aliphatic heterocycles. The van der Waals surface area contributed by atoms with Gasteiger partial charge in [-0.15, -0.1) is 0 Å². The highest BCUT2D eigenvalue weighted by atomic mass is 16.2. The van der Waals surface area contributed by atoms with E-state index in [9.17, 15) is 4.79 Å². The van der Waals surface area contributed by atoms with E-state index in [0.717, 1.165) is 56.1 Å². The van der Waals surface area contributed by atoms with Crippen molar-refractivity contribution in [2.45, 2.75) is 13.3 Å². The first-order chi connectivity index (χ1) is 10.7. The Hall–Kier alpha value is -2.24. The Labute approximate surface area is 130 Å². The summed E-state index contributed by atoms with van der Waals surface area (Å²) in [6.45, 7) is 5.90. The molecule has 1 aromatic carbocycles. The fraction of sp³-hybridized carbons (Fsp3) is 0.500. The molecule has 22 heavy (non-hydrogen) atoms. The summed E-state index contributed by atoms with van der Waals surface area (Å²) in [5.41, 5.74) is 2.16. The van der Waals surface area contributed by atoms with E-state index in [0.29, 0.717) is 0 Å². The van der Waals surface area contributed by atoms with E-state index < -0.39 is 0 Å². The molecule has 2 heterocycles. The van der Waals surface area contributed by atoms with Crippen LogP contribution < -0.4 is 10.2 Å². The van der Waals surface area contributed by atoms with Crippen LogP contribution in [0.4, 0.5) is 10.7 Å². The summed E-state index contributed by atoms with van der Waals surface area (Å²) in [6.07, 6.45) is 0.964. The lowest BCUT2D eigenvalue weighted by Gasteiger charge is -2.35. The maximum atomic E-state index is 12.0. The lowest BCUT2D eigenvalue weighted by Crippen LogP contribution is -2.52. The van der Waals surface area contributed by atoms with Crippen molar-refractivity contribution < 1.29 is 4.79 Å². The number of aryl methyl sites for hydroxylation is 1. The molecule has 0 atom stereocenters. The largest absolute Gasteiger partial charge is 0.339 e. The lowest BCUT2D eigenvalue weighted by molar-refractivity contribution is 0.194. The first-order valence-electron chi connectivity index (χ1n) is 7.90. The number of piperazine rings is 1. The summed E-state index contributed by atoms with van der Waals surface area (Å²) >= 11 is 0. The molecule has 6 nitrogen and oxygen atoms in total. The number of carbonyl (C=O) groups excluding carboxylic acids is 1. The second kappa shape index (κ2) is 6.25. The fourth-order valence-corrected chi connectivity index (χ4v) is 2.87. The number of nitrogens with one attached hydrogen (secondary N) is 1. The van der Waals surface area contributed by atoms with Crippen molar-refractivity contribution in [3.63, 3.8) is 0 Å². The summed E-state index contributed by atoms with van der Waals surface area (Å²) < 4.78 is 2.13. The van der Waals surface area contributed by atoms with Crippen LogP contribution in [0.15, 0.2) is 24.3 Å². The van der Waals surface area contributed by atoms with Gasteiger partial charge in [0, 0.05) is 39.8 Å². The number of carbonyl (C=O) groups is 1. The molecule has 1 fully saturated rings. The van der Waals surface area contributed by atoms with E-state index in [2.05, 4.69) is 27.8 Å². The van der Waals surface area contributed by atoms with Gasteiger partial charge in [-0.25, -0.2) is 9.78 Å². The summed E-state index contributed by atoms with van der Waals surface area (Å²) in [6, 6.07) is 8.21. The Morgan fingerprint density at radius 1 is 1.23 bits per heavy atom. The Kier molecular flexibility index (Phi) is 4.18. The molecule has 1 saturated heterocycles. The van der Waals surface area contributed by atoms with E-state index in [1.54, 1.807) is 0 Å². The third kappa shape index (κ3) is 2.73. The molecular weight excluding hydrogens is 278 g/mol. The second-order valence-electron chi connectivity index (χ2n) is 5.67. The van der Waals surface area contributed by atoms with Crippen molar-refractivity contribution >= 4 is 23.0 Å². The Balaban J connectivity index is 1.68. The van der Waals surface area contributed by atoms with Crippen LogP contribution >= 0.6 is 0 Å². The van der Waals surface area contributed by atoms with E-state index in [1.165, 1.54) is 0 Å². The molecular formula is C16H23N5O. The first-order valence-corrected chi connectivity index (χ1v) is 7.90. The van der Waals surface area contributed by atoms with Gasteiger partial charge in [0.2, 0.25) is 5.95 Å². The smallest absolute Gasteiger partial charge is 0.317 e. The minimum atomic E-state index is 0.0477. The molecule has 1 aliphatic rings. The maximum Gasteiger partial charge on any atom is 0.317 e. The van der Waals surface area contributed by atoms with Crippen molar-refractivity contribution in [3.8, 4) is 0 Å². The predicted octanol–water partition coefficient (Wildman–Crippen LogP) is 1.81. The van der Waals surface area contributed by atoms with Gasteiger partial charge in [0.05, 0.1) is 11.0 Å². The number of benzene rings is 1. The molecule has 118 valence electrons. The van der Waals surface area contributed by atoms with E-state index >= 15 is 0 Å². The van der Waals surface area contributed by atoms with Crippen LogP contribution in [0.1, 0.15) is 13.3 Å². The molecule has 1 aromatic heterocycles. The van der Waals surface area contributed by atoms with Crippen LogP contribution in [-0.4, -0.2) is 53.2 Å². The minimum absolute atomic E-state index is 0.0477. The molecule has 0 saturated carbocycles. The Morgan fingerprint density at radius 2 is 1.95 bits per heavy atom. The number of urea groups is 1. The number of aromatic nitrogens is 2. The highest BCUT2D eigenvalue weighted by molar-refractivity contribution is 5.79. The molecule has 0 radical (unpaired) electrons. The zero-order chi connectivity index (χ0) is 15.5. The third-order valence-electron chi connectivity index (χ3n) is 4.14. The van der Waals surface area contributed by atoms with Crippen LogP contribution in [0.3, 0.4) is 0 Å². The highest BCUT2D eigenvalue weighted by Gasteiger charge is 2.23. The molecule has 6 heteroatoms. The van der Waals surface area contributed by atoms with Crippen molar-refractivity contribution in [3.05, 3.63) is 24.3 Å². The number of nitrogens with zero attached hydrogens (tertiary/aromatic N) is 4. The average molecular weight is 301 g/mol. The van der Waals surface area contributed by atoms with Crippen LogP contribution in [-0.2, 0) is 7.05 Å². The van der Waals surface area contributed by atoms with E-state index in [1.807, 2.05) is 30.1 Å². The van der Waals surface area contributed by atoms with Crippen molar-refractivity contribution in [1.82, 2.24) is 19.8 Å². The maximum absolute atomic E-state index is 12.0. The molecule has 0 bridgehead atoms. The summed E-state index contributed by atoms with van der Waals surface area (Å²) in [4.78, 5) is 20.8. The topological polar surface area (TPSA) is 53.4 Å². The first kappa shape index (κ1) is 14.7. The number of imidazole rings is 1. The van der Waals surface area contributed by atoms with Gasteiger partial charge >= 0.3 is 6.03 Å². The van der Waals surface area contributed by atoms with Crippen molar-refractivity contribution in [2.24, 2.45) is 7.05 Å². The zero-order valence-electron chi connectivity index (χ0n) is 13.2. The van der Waals surface area contributed by atoms with Crippen LogP contribution in [0.5, 0.6) is 0 Å². The Bertz CT molecular complexity index is 658. The summed E-state index contributed by atoms with van der Waals surface area (Å²) in [5, 5.41) is 2.94. The van der Waals surface area contributed by atoms with Gasteiger partial charge in [-0.05, 0) is 18.6 Å². The monoisotopic (exact) mass is 301 g/mol. The number of para-hydroxylation sites is 2. The van der Waals surface area contributed by atoms with Gasteiger partial charge in [0.15, 0.2) is 0 Å². The fourth-order valence-electron chi connectivity index (χ4n) is 2.87. The predicted molar refractivity (Wildman–Crippen MR) is 88.2 cm³/mol. The number of hydrogen-bond acceptors (Lipinski definition) is 3. The van der Waals surface area contributed by atoms with Crippen LogP contribution in [0.25, 0.3) is 11.0 Å². The summed E-state index contributed by atoms with van der Waals surface area (Å²) in [7, 11) is 2.05. The van der Waals surface area contributed by atoms with Gasteiger partial charge in [-0.2, -0.15) is 0 Å². The molecule has 0 spiro atoms. The third-order valence-corrected chi connectivity index (χ3v) is 4.14. The number of fused-ring (bicyclic) bond motifs is 1. The van der Waals surface area contributed by atoms with Gasteiger partial charge in [-0.3, -0.25) is 0 Å². The van der Waals surface area contributed by atoms with Crippen molar-refractivity contribution in [1.29, 1.82) is 0 Å². The summed E-state index contributed by atoms with van der Waals surface area (Å²) in [5.74, 6) is 0.981. The second-order valence-corrected chi connectivity index (χ2v) is 5.67. The number of anilines is 1. The van der Waals surface area contributed by atoms with Gasteiger partial charge < -0.3 is 19.7 Å². The molecule has 2 amide bonds. The van der Waals surface area contributed by atoms with Gasteiger partial charge in [0.25, 0.3) is 0 Å². The Morgan fingerprint density at radius 3 is 2.64 bits per heavy atom. The molecule has 2 aromatic rings. The standard InChI is InChI=1S/C16H23N5O/c1-3-8-17-16(22)21-11-9-20(10-12-21)15-18-13-6-4-5-7-14(13)19(15)2/h4-7H,3,8-12H2,1-2H3,(H,17,22). The number of amides is 2. The molecule has 1 N–H and O–H groups in total. The average Bonchev–Trinajstić information content (AvgIpc) is 2.90. The minimum Gasteiger partial charge on any atom is -0.339 e. The number of rotatable bonds is 3.